The molecule has 0 fully saturated rings. The minimum atomic E-state index is -0.0938. The van der Waals surface area contributed by atoms with Gasteiger partial charge >= 0.3 is 0 Å². The molecule has 2 aromatic rings. The molecule has 90 valence electrons. The Morgan fingerprint density at radius 2 is 1.83 bits per heavy atom. The summed E-state index contributed by atoms with van der Waals surface area (Å²) in [6.07, 6.45) is 0.737. The molecule has 18 heavy (non-hydrogen) atoms. The van der Waals surface area contributed by atoms with Crippen molar-refractivity contribution in [1.29, 1.82) is 0 Å². The summed E-state index contributed by atoms with van der Waals surface area (Å²) in [7, 11) is 1.75. The number of rotatable bonds is 4. The molecule has 0 saturated heterocycles. The lowest BCUT2D eigenvalue weighted by Gasteiger charge is -2.08. The van der Waals surface area contributed by atoms with Crippen molar-refractivity contribution in [2.45, 2.75) is 0 Å². The van der Waals surface area contributed by atoms with Gasteiger partial charge in [-0.1, -0.05) is 30.3 Å². The fourth-order valence-corrected chi connectivity index (χ4v) is 1.79. The highest BCUT2D eigenvalue weighted by Crippen LogP contribution is 2.20. The van der Waals surface area contributed by atoms with Gasteiger partial charge < -0.3 is 5.32 Å². The molecular weight excluding hydrogens is 226 g/mol. The Hall–Kier alpha value is -2.42. The topological polar surface area (TPSA) is 46.2 Å². The first-order valence-corrected chi connectivity index (χ1v) is 5.63. The summed E-state index contributed by atoms with van der Waals surface area (Å²) in [6, 6.07) is 14.0. The SMILES string of the molecule is CNc1ccc(C=O)cc1C(=O)c1ccccc1. The maximum atomic E-state index is 12.3. The Morgan fingerprint density at radius 3 is 2.44 bits per heavy atom. The molecule has 0 atom stereocenters. The molecule has 0 amide bonds. The summed E-state index contributed by atoms with van der Waals surface area (Å²) >= 11 is 0. The summed E-state index contributed by atoms with van der Waals surface area (Å²) in [5, 5.41) is 2.96. The lowest BCUT2D eigenvalue weighted by Crippen LogP contribution is -2.06. The largest absolute Gasteiger partial charge is 0.388 e. The molecule has 0 spiro atoms. The molecule has 0 aliphatic heterocycles. The molecule has 0 aliphatic carbocycles. The van der Waals surface area contributed by atoms with Crippen molar-refractivity contribution in [3.8, 4) is 0 Å². The van der Waals surface area contributed by atoms with Gasteiger partial charge in [0.15, 0.2) is 5.78 Å². The van der Waals surface area contributed by atoms with Crippen LogP contribution >= 0.6 is 0 Å². The van der Waals surface area contributed by atoms with Crippen LogP contribution in [0.25, 0.3) is 0 Å². The minimum absolute atomic E-state index is 0.0938. The number of aldehydes is 1. The van der Waals surface area contributed by atoms with Crippen LogP contribution in [-0.2, 0) is 0 Å². The first kappa shape index (κ1) is 12.0. The number of anilines is 1. The van der Waals surface area contributed by atoms with Crippen LogP contribution < -0.4 is 5.32 Å². The van der Waals surface area contributed by atoms with Gasteiger partial charge in [-0.2, -0.15) is 0 Å². The average Bonchev–Trinajstić information content (AvgIpc) is 2.46. The van der Waals surface area contributed by atoms with Crippen LogP contribution in [0.1, 0.15) is 26.3 Å². The van der Waals surface area contributed by atoms with Crippen LogP contribution in [0.15, 0.2) is 48.5 Å². The molecule has 2 aromatic carbocycles. The van der Waals surface area contributed by atoms with Crippen LogP contribution in [0.2, 0.25) is 0 Å². The van der Waals surface area contributed by atoms with E-state index in [9.17, 15) is 9.59 Å². The Morgan fingerprint density at radius 1 is 1.11 bits per heavy atom. The van der Waals surface area contributed by atoms with E-state index in [2.05, 4.69) is 5.32 Å². The Kier molecular flexibility index (Phi) is 3.53. The third-order valence-corrected chi connectivity index (χ3v) is 2.73. The Bertz CT molecular complexity index is 576. The first-order valence-electron chi connectivity index (χ1n) is 5.63. The summed E-state index contributed by atoms with van der Waals surface area (Å²) in [5.41, 5.74) is 2.33. The highest BCUT2D eigenvalue weighted by Gasteiger charge is 2.13. The van der Waals surface area contributed by atoms with Gasteiger partial charge in [-0.15, -0.1) is 0 Å². The van der Waals surface area contributed by atoms with E-state index in [0.717, 1.165) is 12.0 Å². The normalized spacial score (nSPS) is 9.83. The van der Waals surface area contributed by atoms with Gasteiger partial charge in [-0.05, 0) is 18.2 Å². The van der Waals surface area contributed by atoms with Crippen molar-refractivity contribution < 1.29 is 9.59 Å². The molecule has 0 bridgehead atoms. The molecule has 0 saturated carbocycles. The van der Waals surface area contributed by atoms with E-state index in [1.807, 2.05) is 18.2 Å². The van der Waals surface area contributed by atoms with E-state index in [-0.39, 0.29) is 5.78 Å². The average molecular weight is 239 g/mol. The first-order chi connectivity index (χ1) is 8.76. The number of carbonyl (C=O) groups is 2. The number of carbonyl (C=O) groups excluding carboxylic acids is 2. The van der Waals surface area contributed by atoms with Gasteiger partial charge in [0, 0.05) is 29.4 Å². The van der Waals surface area contributed by atoms with Crippen LogP contribution in [0.3, 0.4) is 0 Å². The predicted molar refractivity (Wildman–Crippen MR) is 71.3 cm³/mol. The van der Waals surface area contributed by atoms with Gasteiger partial charge in [0.25, 0.3) is 0 Å². The standard InChI is InChI=1S/C15H13NO2/c1-16-14-8-7-11(10-17)9-13(14)15(18)12-5-3-2-4-6-12/h2-10,16H,1H3. The molecule has 0 aliphatic rings. The van der Waals surface area contributed by atoms with E-state index in [4.69, 9.17) is 0 Å². The molecular formula is C15H13NO2. The van der Waals surface area contributed by atoms with Crippen molar-refractivity contribution in [2.24, 2.45) is 0 Å². The van der Waals surface area contributed by atoms with Crippen LogP contribution in [-0.4, -0.2) is 19.1 Å². The molecule has 0 radical (unpaired) electrons. The fourth-order valence-electron chi connectivity index (χ4n) is 1.79. The second-order valence-corrected chi connectivity index (χ2v) is 3.87. The summed E-state index contributed by atoms with van der Waals surface area (Å²) < 4.78 is 0. The van der Waals surface area contributed by atoms with Crippen molar-refractivity contribution in [3.05, 3.63) is 65.2 Å². The number of nitrogens with one attached hydrogen (secondary N) is 1. The zero-order valence-corrected chi connectivity index (χ0v) is 10.0. The maximum absolute atomic E-state index is 12.3. The summed E-state index contributed by atoms with van der Waals surface area (Å²) in [5.74, 6) is -0.0938. The second kappa shape index (κ2) is 5.27. The van der Waals surface area contributed by atoms with E-state index in [0.29, 0.717) is 16.7 Å². The maximum Gasteiger partial charge on any atom is 0.195 e. The number of benzene rings is 2. The molecule has 1 N–H and O–H groups in total. The number of hydrogen-bond donors (Lipinski definition) is 1. The molecule has 0 aromatic heterocycles. The van der Waals surface area contributed by atoms with Gasteiger partial charge in [0.2, 0.25) is 0 Å². The molecule has 0 unspecified atom stereocenters. The van der Waals surface area contributed by atoms with Crippen molar-refractivity contribution in [3.63, 3.8) is 0 Å². The lowest BCUT2D eigenvalue weighted by molar-refractivity contribution is 0.103. The predicted octanol–water partition coefficient (Wildman–Crippen LogP) is 2.77. The van der Waals surface area contributed by atoms with Gasteiger partial charge in [-0.3, -0.25) is 9.59 Å². The van der Waals surface area contributed by atoms with Crippen molar-refractivity contribution in [1.82, 2.24) is 0 Å². The van der Waals surface area contributed by atoms with E-state index >= 15 is 0 Å². The second-order valence-electron chi connectivity index (χ2n) is 3.87. The third kappa shape index (κ3) is 2.30. The number of hydrogen-bond acceptors (Lipinski definition) is 3. The lowest BCUT2D eigenvalue weighted by atomic mass is 10.00. The Balaban J connectivity index is 2.49. The van der Waals surface area contributed by atoms with Gasteiger partial charge in [-0.25, -0.2) is 0 Å². The molecule has 2 rings (SSSR count). The van der Waals surface area contributed by atoms with Gasteiger partial charge in [0.1, 0.15) is 6.29 Å². The Labute approximate surface area is 105 Å². The van der Waals surface area contributed by atoms with Crippen LogP contribution in [0.4, 0.5) is 5.69 Å². The molecule has 3 heteroatoms. The van der Waals surface area contributed by atoms with Crippen LogP contribution in [0.5, 0.6) is 0 Å². The third-order valence-electron chi connectivity index (χ3n) is 2.73. The van der Waals surface area contributed by atoms with Gasteiger partial charge in [0.05, 0.1) is 0 Å². The van der Waals surface area contributed by atoms with E-state index in [1.165, 1.54) is 0 Å². The van der Waals surface area contributed by atoms with E-state index < -0.39 is 0 Å². The monoisotopic (exact) mass is 239 g/mol. The quantitative estimate of drug-likeness (QED) is 0.659. The van der Waals surface area contributed by atoms with Crippen molar-refractivity contribution in [2.75, 3.05) is 12.4 Å². The summed E-state index contributed by atoms with van der Waals surface area (Å²) in [4.78, 5) is 23.1. The van der Waals surface area contributed by atoms with Crippen LogP contribution in [0, 0.1) is 0 Å². The molecule has 0 heterocycles. The minimum Gasteiger partial charge on any atom is -0.388 e. The highest BCUT2D eigenvalue weighted by molar-refractivity contribution is 6.12. The van der Waals surface area contributed by atoms with Crippen molar-refractivity contribution >= 4 is 17.8 Å². The number of ketones is 1. The molecule has 3 nitrogen and oxygen atoms in total. The zero-order valence-electron chi connectivity index (χ0n) is 10.0. The summed E-state index contributed by atoms with van der Waals surface area (Å²) in [6.45, 7) is 0. The smallest absolute Gasteiger partial charge is 0.195 e. The van der Waals surface area contributed by atoms with E-state index in [1.54, 1.807) is 37.4 Å². The zero-order chi connectivity index (χ0) is 13.0. The highest BCUT2D eigenvalue weighted by atomic mass is 16.1. The fraction of sp³-hybridized carbons (Fsp3) is 0.0667.